The summed E-state index contributed by atoms with van der Waals surface area (Å²) in [5.41, 5.74) is 3.47. The molecule has 0 bridgehead atoms. The highest BCUT2D eigenvalue weighted by molar-refractivity contribution is 9.10. The molecule has 0 saturated carbocycles. The first-order valence-electron chi connectivity index (χ1n) is 6.66. The van der Waals surface area contributed by atoms with Crippen molar-refractivity contribution in [3.63, 3.8) is 0 Å². The second-order valence-electron chi connectivity index (χ2n) is 5.30. The van der Waals surface area contributed by atoms with Crippen LogP contribution in [0.15, 0.2) is 4.47 Å². The van der Waals surface area contributed by atoms with E-state index in [1.54, 1.807) is 7.11 Å². The maximum Gasteiger partial charge on any atom is 0.137 e. The highest BCUT2D eigenvalue weighted by Crippen LogP contribution is 2.51. The van der Waals surface area contributed by atoms with Gasteiger partial charge in [0.25, 0.3) is 0 Å². The van der Waals surface area contributed by atoms with Crippen LogP contribution in [0, 0.1) is 0 Å². The number of methoxy groups -OCH3 is 1. The molecule has 0 radical (unpaired) electrons. The molecule has 0 aromatic heterocycles. The van der Waals surface area contributed by atoms with E-state index in [0.717, 1.165) is 55.1 Å². The van der Waals surface area contributed by atoms with Crippen molar-refractivity contribution in [2.45, 2.75) is 18.4 Å². The summed E-state index contributed by atoms with van der Waals surface area (Å²) in [7, 11) is 1.78. The van der Waals surface area contributed by atoms with Gasteiger partial charge in [-0.05, 0) is 15.9 Å². The molecule has 0 amide bonds. The Bertz CT molecular complexity index is 514. The molecule has 0 atom stereocenters. The predicted molar refractivity (Wildman–Crippen MR) is 74.1 cm³/mol. The van der Waals surface area contributed by atoms with Crippen LogP contribution in [-0.4, -0.2) is 33.4 Å². The van der Waals surface area contributed by atoms with E-state index in [2.05, 4.69) is 21.2 Å². The van der Waals surface area contributed by atoms with E-state index in [4.69, 9.17) is 14.2 Å². The topological polar surface area (TPSA) is 39.7 Å². The first kappa shape index (κ1) is 12.0. The summed E-state index contributed by atoms with van der Waals surface area (Å²) < 4.78 is 18.7. The molecule has 19 heavy (non-hydrogen) atoms. The fraction of sp³-hybridized carbons (Fsp3) is 0.571. The highest BCUT2D eigenvalue weighted by atomic mass is 79.9. The fourth-order valence-corrected chi connectivity index (χ4v) is 4.04. The zero-order valence-electron chi connectivity index (χ0n) is 10.8. The van der Waals surface area contributed by atoms with Gasteiger partial charge >= 0.3 is 0 Å². The van der Waals surface area contributed by atoms with E-state index < -0.39 is 0 Å². The Hall–Kier alpha value is -0.780. The molecular weight excluding hydrogens is 310 g/mol. The van der Waals surface area contributed by atoms with Crippen LogP contribution in [0.25, 0.3) is 0 Å². The Morgan fingerprint density at radius 3 is 2.42 bits per heavy atom. The van der Waals surface area contributed by atoms with E-state index in [9.17, 15) is 0 Å². The minimum absolute atomic E-state index is 0.243. The van der Waals surface area contributed by atoms with Gasteiger partial charge in [0.1, 0.15) is 17.1 Å². The summed E-state index contributed by atoms with van der Waals surface area (Å²) in [4.78, 5) is 0. The number of benzene rings is 1. The van der Waals surface area contributed by atoms with Gasteiger partial charge in [-0.3, -0.25) is 0 Å². The molecule has 4 nitrogen and oxygen atoms in total. The van der Waals surface area contributed by atoms with Crippen molar-refractivity contribution >= 4 is 15.9 Å². The van der Waals surface area contributed by atoms with Crippen molar-refractivity contribution in [3.05, 3.63) is 21.2 Å². The predicted octanol–water partition coefficient (Wildman–Crippen LogP) is 1.76. The van der Waals surface area contributed by atoms with Gasteiger partial charge in [0, 0.05) is 49.7 Å². The summed E-state index contributed by atoms with van der Waals surface area (Å²) in [5.74, 6) is 2.03. The Morgan fingerprint density at radius 1 is 1.11 bits per heavy atom. The monoisotopic (exact) mass is 325 g/mol. The number of ether oxygens (including phenoxy) is 3. The quantitative estimate of drug-likeness (QED) is 0.899. The molecule has 0 aliphatic carbocycles. The summed E-state index contributed by atoms with van der Waals surface area (Å²) in [6, 6.07) is 0. The third kappa shape index (κ3) is 1.46. The lowest BCUT2D eigenvalue weighted by Gasteiger charge is -2.43. The lowest BCUT2D eigenvalue weighted by Crippen LogP contribution is -2.58. The van der Waals surface area contributed by atoms with Gasteiger partial charge in [0.05, 0.1) is 17.7 Å². The molecule has 0 spiro atoms. The molecule has 102 valence electrons. The molecule has 1 aromatic carbocycles. The zero-order chi connectivity index (χ0) is 13.0. The minimum atomic E-state index is -0.243. The van der Waals surface area contributed by atoms with Crippen LogP contribution in [0.2, 0.25) is 0 Å². The molecule has 3 aliphatic rings. The Kier molecular flexibility index (Phi) is 2.59. The van der Waals surface area contributed by atoms with E-state index in [-0.39, 0.29) is 5.60 Å². The number of nitrogens with one attached hydrogen (secondary N) is 1. The maximum absolute atomic E-state index is 5.93. The third-order valence-electron chi connectivity index (χ3n) is 4.41. The first-order valence-corrected chi connectivity index (χ1v) is 7.45. The van der Waals surface area contributed by atoms with Gasteiger partial charge in [0.2, 0.25) is 0 Å². The molecule has 1 aromatic rings. The van der Waals surface area contributed by atoms with Gasteiger partial charge in [-0.1, -0.05) is 0 Å². The van der Waals surface area contributed by atoms with Crippen LogP contribution in [0.5, 0.6) is 11.5 Å². The second-order valence-corrected chi connectivity index (χ2v) is 6.10. The number of hydrogen-bond donors (Lipinski definition) is 1. The van der Waals surface area contributed by atoms with Crippen molar-refractivity contribution in [2.75, 3.05) is 33.4 Å². The van der Waals surface area contributed by atoms with E-state index in [0.29, 0.717) is 0 Å². The fourth-order valence-electron chi connectivity index (χ4n) is 3.31. The largest absolute Gasteiger partial charge is 0.492 e. The molecule has 1 saturated heterocycles. The van der Waals surface area contributed by atoms with Crippen LogP contribution >= 0.6 is 15.9 Å². The summed E-state index contributed by atoms with van der Waals surface area (Å²) in [6.07, 6.45) is 1.87. The van der Waals surface area contributed by atoms with Gasteiger partial charge in [-0.2, -0.15) is 0 Å². The second kappa shape index (κ2) is 4.11. The summed E-state index contributed by atoms with van der Waals surface area (Å²) >= 11 is 3.68. The van der Waals surface area contributed by atoms with Gasteiger partial charge in [0.15, 0.2) is 0 Å². The van der Waals surface area contributed by atoms with Crippen molar-refractivity contribution in [2.24, 2.45) is 0 Å². The smallest absolute Gasteiger partial charge is 0.137 e. The first-order chi connectivity index (χ1) is 9.27. The third-order valence-corrected chi connectivity index (χ3v) is 5.24. The Labute approximate surface area is 120 Å². The molecule has 4 rings (SSSR count). The van der Waals surface area contributed by atoms with Gasteiger partial charge < -0.3 is 19.5 Å². The number of halogens is 1. The number of fused-ring (bicyclic) bond motifs is 2. The molecule has 0 unspecified atom stereocenters. The highest BCUT2D eigenvalue weighted by Gasteiger charge is 2.46. The average molecular weight is 326 g/mol. The van der Waals surface area contributed by atoms with Crippen LogP contribution in [-0.2, 0) is 23.2 Å². The lowest BCUT2D eigenvalue weighted by atomic mass is 9.82. The van der Waals surface area contributed by atoms with Crippen molar-refractivity contribution in [1.82, 2.24) is 5.32 Å². The van der Waals surface area contributed by atoms with Crippen LogP contribution in [0.3, 0.4) is 0 Å². The van der Waals surface area contributed by atoms with Crippen molar-refractivity contribution in [1.29, 1.82) is 0 Å². The lowest BCUT2D eigenvalue weighted by molar-refractivity contribution is -0.0584. The minimum Gasteiger partial charge on any atom is -0.492 e. The molecule has 5 heteroatoms. The summed E-state index contributed by atoms with van der Waals surface area (Å²) in [5, 5.41) is 3.32. The summed E-state index contributed by atoms with van der Waals surface area (Å²) in [6.45, 7) is 3.18. The van der Waals surface area contributed by atoms with Crippen LogP contribution in [0.1, 0.15) is 16.7 Å². The Morgan fingerprint density at radius 2 is 1.79 bits per heavy atom. The number of rotatable bonds is 2. The number of hydrogen-bond acceptors (Lipinski definition) is 4. The van der Waals surface area contributed by atoms with Crippen LogP contribution < -0.4 is 14.8 Å². The molecule has 3 aliphatic heterocycles. The molecule has 1 fully saturated rings. The molecule has 3 heterocycles. The van der Waals surface area contributed by atoms with E-state index >= 15 is 0 Å². The van der Waals surface area contributed by atoms with Crippen LogP contribution in [0.4, 0.5) is 0 Å². The van der Waals surface area contributed by atoms with E-state index in [1.807, 2.05) is 0 Å². The SMILES string of the molecule is COC1(c2c3c(c(Br)c4c2OCC4)OCC3)CNC1. The average Bonchev–Trinajstić information content (AvgIpc) is 3.01. The van der Waals surface area contributed by atoms with Crippen molar-refractivity contribution in [3.8, 4) is 11.5 Å². The van der Waals surface area contributed by atoms with Gasteiger partial charge in [-0.15, -0.1) is 0 Å². The molecule has 1 N–H and O–H groups in total. The zero-order valence-corrected chi connectivity index (χ0v) is 12.4. The van der Waals surface area contributed by atoms with Crippen molar-refractivity contribution < 1.29 is 14.2 Å². The normalized spacial score (nSPS) is 22.2. The standard InChI is InChI=1S/C14H16BrNO3/c1-17-14(6-16-7-14)10-8-2-4-19-13(8)11(15)9-3-5-18-12(9)10/h16H,2-7H2,1H3. The van der Waals surface area contributed by atoms with Gasteiger partial charge in [-0.25, -0.2) is 0 Å². The maximum atomic E-state index is 5.93. The Balaban J connectivity index is 2.00. The van der Waals surface area contributed by atoms with E-state index in [1.165, 1.54) is 16.7 Å². The molecular formula is C14H16BrNO3.